The van der Waals surface area contributed by atoms with Crippen LogP contribution in [0.2, 0.25) is 0 Å². The highest BCUT2D eigenvalue weighted by atomic mass is 79.9. The van der Waals surface area contributed by atoms with E-state index in [1.165, 1.54) is 57.6 Å². The van der Waals surface area contributed by atoms with Crippen molar-refractivity contribution in [2.75, 3.05) is 39.3 Å². The van der Waals surface area contributed by atoms with Crippen LogP contribution in [0.15, 0.2) is 100 Å². The van der Waals surface area contributed by atoms with Crippen LogP contribution in [-0.4, -0.2) is 72.2 Å². The van der Waals surface area contributed by atoms with E-state index in [4.69, 9.17) is 18.9 Å². The highest BCUT2D eigenvalue weighted by Crippen LogP contribution is 2.38. The molecule has 53 heavy (non-hydrogen) atoms. The fourth-order valence-electron chi connectivity index (χ4n) is 6.49. The van der Waals surface area contributed by atoms with Crippen LogP contribution in [-0.2, 0) is 32.6 Å². The van der Waals surface area contributed by atoms with Crippen LogP contribution in [0.4, 0.5) is 5.69 Å². The molecule has 2 amide bonds. The Labute approximate surface area is 320 Å². The Balaban J connectivity index is 1.63. The second-order valence-corrected chi connectivity index (χ2v) is 15.5. The summed E-state index contributed by atoms with van der Waals surface area (Å²) in [5.74, 6) is 0.179. The molecule has 1 fully saturated rings. The third-order valence-electron chi connectivity index (χ3n) is 9.37. The van der Waals surface area contributed by atoms with E-state index in [0.717, 1.165) is 52.0 Å². The molecule has 0 heterocycles. The van der Waals surface area contributed by atoms with E-state index in [1.54, 1.807) is 12.1 Å². The molecule has 11 nitrogen and oxygen atoms in total. The van der Waals surface area contributed by atoms with Gasteiger partial charge in [-0.3, -0.25) is 13.9 Å². The molecule has 1 aliphatic rings. The number of carbonyl (C=O) groups is 2. The summed E-state index contributed by atoms with van der Waals surface area (Å²) < 4.78 is 53.3. The molecule has 1 atom stereocenters. The van der Waals surface area contributed by atoms with E-state index >= 15 is 0 Å². The van der Waals surface area contributed by atoms with Crippen LogP contribution in [0.25, 0.3) is 0 Å². The molecular formula is C40H46BrN3O8S. The second-order valence-electron chi connectivity index (χ2n) is 12.8. The quantitative estimate of drug-likeness (QED) is 0.132. The average molecular weight is 809 g/mol. The minimum Gasteiger partial charge on any atom is -0.497 e. The van der Waals surface area contributed by atoms with Crippen molar-refractivity contribution in [2.24, 2.45) is 0 Å². The molecule has 282 valence electrons. The highest BCUT2D eigenvalue weighted by molar-refractivity contribution is 9.10. The summed E-state index contributed by atoms with van der Waals surface area (Å²) in [5, 5.41) is 3.23. The Morgan fingerprint density at radius 3 is 2.08 bits per heavy atom. The van der Waals surface area contributed by atoms with E-state index in [1.807, 2.05) is 54.6 Å². The molecule has 0 bridgehead atoms. The van der Waals surface area contributed by atoms with Gasteiger partial charge in [-0.15, -0.1) is 0 Å². The fraction of sp³-hybridized carbons (Fsp3) is 0.350. The molecule has 1 saturated carbocycles. The predicted octanol–water partition coefficient (Wildman–Crippen LogP) is 6.77. The van der Waals surface area contributed by atoms with Gasteiger partial charge < -0.3 is 29.2 Å². The number of carbonyl (C=O) groups excluding carboxylic acids is 2. The number of hydrogen-bond donors (Lipinski definition) is 1. The Hall–Kier alpha value is -4.75. The molecule has 0 aliphatic heterocycles. The van der Waals surface area contributed by atoms with E-state index in [2.05, 4.69) is 21.2 Å². The molecule has 0 spiro atoms. The van der Waals surface area contributed by atoms with Crippen LogP contribution < -0.4 is 28.6 Å². The van der Waals surface area contributed by atoms with Gasteiger partial charge in [-0.1, -0.05) is 77.7 Å². The largest absolute Gasteiger partial charge is 0.497 e. The monoisotopic (exact) mass is 807 g/mol. The lowest BCUT2D eigenvalue weighted by molar-refractivity contribution is -0.140. The number of halogens is 1. The van der Waals surface area contributed by atoms with Crippen LogP contribution in [0, 0.1) is 0 Å². The van der Waals surface area contributed by atoms with E-state index in [-0.39, 0.29) is 47.0 Å². The maximum atomic E-state index is 15.0. The van der Waals surface area contributed by atoms with Crippen LogP contribution in [0.3, 0.4) is 0 Å². The maximum absolute atomic E-state index is 15.0. The summed E-state index contributed by atoms with van der Waals surface area (Å²) in [5.41, 5.74) is 1.69. The molecule has 1 N–H and O–H groups in total. The van der Waals surface area contributed by atoms with Crippen molar-refractivity contribution in [3.63, 3.8) is 0 Å². The second kappa shape index (κ2) is 18.3. The molecule has 4 aromatic rings. The number of benzene rings is 4. The van der Waals surface area contributed by atoms with Crippen LogP contribution in [0.5, 0.6) is 23.0 Å². The van der Waals surface area contributed by atoms with Crippen molar-refractivity contribution in [2.45, 2.75) is 62.0 Å². The Morgan fingerprint density at radius 1 is 0.774 bits per heavy atom. The zero-order valence-corrected chi connectivity index (χ0v) is 32.8. The molecule has 0 radical (unpaired) electrons. The van der Waals surface area contributed by atoms with Crippen molar-refractivity contribution in [3.8, 4) is 23.0 Å². The lowest BCUT2D eigenvalue weighted by Gasteiger charge is -2.35. The molecule has 1 aliphatic carbocycles. The highest BCUT2D eigenvalue weighted by Gasteiger charge is 2.37. The summed E-state index contributed by atoms with van der Waals surface area (Å²) >= 11 is 3.48. The number of nitrogens with zero attached hydrogens (tertiary/aromatic N) is 2. The van der Waals surface area contributed by atoms with Crippen LogP contribution >= 0.6 is 15.9 Å². The minimum absolute atomic E-state index is 0.0119. The summed E-state index contributed by atoms with van der Waals surface area (Å²) in [6, 6.07) is 24.9. The summed E-state index contributed by atoms with van der Waals surface area (Å²) in [4.78, 5) is 30.7. The lowest BCUT2D eigenvalue weighted by Crippen LogP contribution is -2.55. The van der Waals surface area contributed by atoms with Crippen molar-refractivity contribution >= 4 is 43.5 Å². The van der Waals surface area contributed by atoms with Crippen molar-refractivity contribution < 1.29 is 37.0 Å². The first-order chi connectivity index (χ1) is 25.6. The van der Waals surface area contributed by atoms with Crippen LogP contribution in [0.1, 0.15) is 43.2 Å². The molecule has 1 unspecified atom stereocenters. The summed E-state index contributed by atoms with van der Waals surface area (Å²) in [6.45, 7) is -0.625. The van der Waals surface area contributed by atoms with E-state index < -0.39 is 28.5 Å². The lowest BCUT2D eigenvalue weighted by atomic mass is 9.94. The van der Waals surface area contributed by atoms with E-state index in [9.17, 15) is 18.0 Å². The van der Waals surface area contributed by atoms with Gasteiger partial charge in [0.15, 0.2) is 11.5 Å². The molecule has 5 rings (SSSR count). The fourth-order valence-corrected chi connectivity index (χ4v) is 8.19. The van der Waals surface area contributed by atoms with Gasteiger partial charge in [0.1, 0.15) is 24.1 Å². The molecule has 4 aromatic carbocycles. The first-order valence-corrected chi connectivity index (χ1v) is 19.7. The number of methoxy groups -OCH3 is 4. The first-order valence-electron chi connectivity index (χ1n) is 17.4. The Morgan fingerprint density at radius 2 is 1.43 bits per heavy atom. The van der Waals surface area contributed by atoms with Gasteiger partial charge in [0.2, 0.25) is 11.8 Å². The topological polar surface area (TPSA) is 124 Å². The average Bonchev–Trinajstić information content (AvgIpc) is 3.18. The van der Waals surface area contributed by atoms with Gasteiger partial charge in [0, 0.05) is 35.6 Å². The number of anilines is 1. The summed E-state index contributed by atoms with van der Waals surface area (Å²) in [7, 11) is 1.24. The van der Waals surface area contributed by atoms with Gasteiger partial charge in [0.25, 0.3) is 10.0 Å². The Bertz CT molecular complexity index is 1950. The number of rotatable bonds is 16. The molecular weight excluding hydrogens is 762 g/mol. The number of amides is 2. The predicted molar refractivity (Wildman–Crippen MR) is 207 cm³/mol. The van der Waals surface area contributed by atoms with Crippen molar-refractivity contribution in [3.05, 3.63) is 107 Å². The zero-order valence-electron chi connectivity index (χ0n) is 30.4. The van der Waals surface area contributed by atoms with Gasteiger partial charge >= 0.3 is 0 Å². The zero-order chi connectivity index (χ0) is 38.0. The maximum Gasteiger partial charge on any atom is 0.265 e. The van der Waals surface area contributed by atoms with Gasteiger partial charge in [0.05, 0.1) is 39.0 Å². The third-order valence-corrected chi connectivity index (χ3v) is 11.6. The number of hydrogen-bond acceptors (Lipinski definition) is 8. The van der Waals surface area contributed by atoms with Gasteiger partial charge in [-0.05, 0) is 60.4 Å². The third kappa shape index (κ3) is 9.82. The van der Waals surface area contributed by atoms with E-state index in [0.29, 0.717) is 11.5 Å². The standard InChI is InChI=1S/C40H46BrN3O8S/c1-49-32-19-21-36(50-2)34(24-32)44(53(47,48)33-20-22-37(51-3)38(25-33)52-4)27-39(45)43(26-29-15-17-30(41)18-16-29)35(23-28-11-7-5-8-12-28)40(46)42-31-13-9-6-10-14-31/h5,7-8,11-12,15-22,24-25,31,35H,6,9-10,13-14,23,26-27H2,1-4H3,(H,42,46). The van der Waals surface area contributed by atoms with Gasteiger partial charge in [-0.25, -0.2) is 8.42 Å². The van der Waals surface area contributed by atoms with Crippen molar-refractivity contribution in [1.82, 2.24) is 10.2 Å². The number of ether oxygens (including phenoxy) is 4. The molecule has 0 aromatic heterocycles. The number of nitrogens with one attached hydrogen (secondary N) is 1. The molecule has 13 heteroatoms. The number of sulfonamides is 1. The first kappa shape index (κ1) is 39.5. The Kier molecular flexibility index (Phi) is 13.6. The minimum atomic E-state index is -4.50. The van der Waals surface area contributed by atoms with Gasteiger partial charge in [-0.2, -0.15) is 0 Å². The summed E-state index contributed by atoms with van der Waals surface area (Å²) in [6.07, 6.45) is 5.08. The normalized spacial score (nSPS) is 13.8. The molecule has 0 saturated heterocycles. The smallest absolute Gasteiger partial charge is 0.265 e. The van der Waals surface area contributed by atoms with Crippen molar-refractivity contribution in [1.29, 1.82) is 0 Å². The SMILES string of the molecule is COc1ccc(OC)c(N(CC(=O)N(Cc2ccc(Br)cc2)C(Cc2ccccc2)C(=O)NC2CCCCC2)S(=O)(=O)c2ccc(OC)c(OC)c2)c1.